The largest absolute Gasteiger partial charge is 0.462 e. The SMILES string of the molecule is Cc1ccc(C(=O)OCCc2cccc(F)c2F)c(=O)[nH]1. The van der Waals surface area contributed by atoms with Crippen molar-refractivity contribution >= 4 is 5.97 Å². The topological polar surface area (TPSA) is 59.2 Å². The van der Waals surface area contributed by atoms with E-state index < -0.39 is 23.2 Å². The van der Waals surface area contributed by atoms with Gasteiger partial charge in [-0.15, -0.1) is 0 Å². The first-order valence-corrected chi connectivity index (χ1v) is 6.29. The van der Waals surface area contributed by atoms with Crippen LogP contribution < -0.4 is 5.56 Å². The van der Waals surface area contributed by atoms with Gasteiger partial charge in [0.2, 0.25) is 0 Å². The van der Waals surface area contributed by atoms with E-state index in [4.69, 9.17) is 4.74 Å². The summed E-state index contributed by atoms with van der Waals surface area (Å²) >= 11 is 0. The van der Waals surface area contributed by atoms with E-state index in [0.29, 0.717) is 5.69 Å². The van der Waals surface area contributed by atoms with Crippen molar-refractivity contribution in [3.63, 3.8) is 0 Å². The Morgan fingerprint density at radius 3 is 2.71 bits per heavy atom. The maximum Gasteiger partial charge on any atom is 0.343 e. The van der Waals surface area contributed by atoms with Gasteiger partial charge in [-0.1, -0.05) is 12.1 Å². The van der Waals surface area contributed by atoms with Crippen molar-refractivity contribution in [2.24, 2.45) is 0 Å². The van der Waals surface area contributed by atoms with Gasteiger partial charge in [0.25, 0.3) is 5.56 Å². The van der Waals surface area contributed by atoms with Gasteiger partial charge in [-0.3, -0.25) is 4.79 Å². The van der Waals surface area contributed by atoms with Gasteiger partial charge < -0.3 is 9.72 Å². The fourth-order valence-corrected chi connectivity index (χ4v) is 1.81. The van der Waals surface area contributed by atoms with Crippen molar-refractivity contribution in [3.05, 3.63) is 69.1 Å². The molecule has 21 heavy (non-hydrogen) atoms. The zero-order chi connectivity index (χ0) is 15.4. The molecule has 0 amide bonds. The van der Waals surface area contributed by atoms with Crippen LogP contribution in [0, 0.1) is 18.6 Å². The molecular weight excluding hydrogens is 280 g/mol. The first-order chi connectivity index (χ1) is 9.99. The number of aryl methyl sites for hydroxylation is 1. The lowest BCUT2D eigenvalue weighted by Crippen LogP contribution is -2.20. The number of benzene rings is 1. The van der Waals surface area contributed by atoms with E-state index in [1.165, 1.54) is 18.2 Å². The lowest BCUT2D eigenvalue weighted by atomic mass is 10.1. The Bertz CT molecular complexity index is 725. The van der Waals surface area contributed by atoms with E-state index in [-0.39, 0.29) is 24.2 Å². The number of H-pyrrole nitrogens is 1. The van der Waals surface area contributed by atoms with Crippen LogP contribution in [0.4, 0.5) is 8.78 Å². The Kier molecular flexibility index (Phi) is 4.47. The summed E-state index contributed by atoms with van der Waals surface area (Å²) < 4.78 is 31.3. The van der Waals surface area contributed by atoms with Crippen molar-refractivity contribution in [2.45, 2.75) is 13.3 Å². The maximum absolute atomic E-state index is 13.4. The summed E-state index contributed by atoms with van der Waals surface area (Å²) in [4.78, 5) is 25.7. The molecular formula is C15H13F2NO3. The molecule has 0 bridgehead atoms. The van der Waals surface area contributed by atoms with Crippen LogP contribution in [0.15, 0.2) is 35.1 Å². The Morgan fingerprint density at radius 2 is 2.00 bits per heavy atom. The van der Waals surface area contributed by atoms with Gasteiger partial charge in [0.15, 0.2) is 11.6 Å². The molecule has 110 valence electrons. The third kappa shape index (κ3) is 3.53. The number of carbonyl (C=O) groups is 1. The molecule has 1 aromatic carbocycles. The summed E-state index contributed by atoms with van der Waals surface area (Å²) in [5, 5.41) is 0. The fourth-order valence-electron chi connectivity index (χ4n) is 1.81. The fraction of sp³-hybridized carbons (Fsp3) is 0.200. The van der Waals surface area contributed by atoms with Crippen LogP contribution in [0.2, 0.25) is 0 Å². The molecule has 0 radical (unpaired) electrons. The number of pyridine rings is 1. The van der Waals surface area contributed by atoms with E-state index in [0.717, 1.165) is 6.07 Å². The molecule has 0 saturated carbocycles. The average Bonchev–Trinajstić information content (AvgIpc) is 2.43. The van der Waals surface area contributed by atoms with E-state index in [1.54, 1.807) is 13.0 Å². The van der Waals surface area contributed by atoms with Gasteiger partial charge in [-0.25, -0.2) is 13.6 Å². The molecule has 0 atom stereocenters. The smallest absolute Gasteiger partial charge is 0.343 e. The number of aromatic nitrogens is 1. The molecule has 0 aliphatic heterocycles. The molecule has 4 nitrogen and oxygen atoms in total. The van der Waals surface area contributed by atoms with E-state index >= 15 is 0 Å². The van der Waals surface area contributed by atoms with Gasteiger partial charge in [0.1, 0.15) is 5.56 Å². The number of aromatic amines is 1. The molecule has 0 aliphatic rings. The number of carbonyl (C=O) groups excluding carboxylic acids is 1. The molecule has 1 N–H and O–H groups in total. The molecule has 1 aromatic heterocycles. The average molecular weight is 293 g/mol. The highest BCUT2D eigenvalue weighted by Gasteiger charge is 2.13. The normalized spacial score (nSPS) is 10.4. The monoisotopic (exact) mass is 293 g/mol. The lowest BCUT2D eigenvalue weighted by Gasteiger charge is -2.06. The third-order valence-electron chi connectivity index (χ3n) is 2.91. The minimum atomic E-state index is -0.957. The van der Waals surface area contributed by atoms with Crippen molar-refractivity contribution in [2.75, 3.05) is 6.61 Å². The Hall–Kier alpha value is -2.50. The molecule has 2 rings (SSSR count). The Labute approximate surface area is 119 Å². The number of hydrogen-bond donors (Lipinski definition) is 1. The van der Waals surface area contributed by atoms with E-state index in [9.17, 15) is 18.4 Å². The predicted octanol–water partition coefficient (Wildman–Crippen LogP) is 2.36. The zero-order valence-electron chi connectivity index (χ0n) is 11.3. The summed E-state index contributed by atoms with van der Waals surface area (Å²) in [6.45, 7) is 1.54. The van der Waals surface area contributed by atoms with E-state index in [2.05, 4.69) is 4.98 Å². The number of hydrogen-bond acceptors (Lipinski definition) is 3. The second kappa shape index (κ2) is 6.30. The maximum atomic E-state index is 13.4. The van der Waals surface area contributed by atoms with Crippen LogP contribution in [-0.2, 0) is 11.2 Å². The minimum absolute atomic E-state index is 0.0269. The summed E-state index contributed by atoms with van der Waals surface area (Å²) in [5.41, 5.74) is 0.0660. The first kappa shape index (κ1) is 14.9. The van der Waals surface area contributed by atoms with Crippen molar-refractivity contribution in [1.29, 1.82) is 0 Å². The molecule has 2 aromatic rings. The summed E-state index contributed by atoms with van der Waals surface area (Å²) in [6, 6.07) is 6.73. The van der Waals surface area contributed by atoms with Crippen LogP contribution in [0.1, 0.15) is 21.6 Å². The van der Waals surface area contributed by atoms with Crippen LogP contribution in [0.5, 0.6) is 0 Å². The number of ether oxygens (including phenoxy) is 1. The molecule has 0 spiro atoms. The quantitative estimate of drug-likeness (QED) is 0.880. The molecule has 6 heteroatoms. The second-order valence-corrected chi connectivity index (χ2v) is 4.48. The Morgan fingerprint density at radius 1 is 1.24 bits per heavy atom. The van der Waals surface area contributed by atoms with Crippen LogP contribution in [0.25, 0.3) is 0 Å². The highest BCUT2D eigenvalue weighted by Crippen LogP contribution is 2.12. The Balaban J connectivity index is 1.99. The molecule has 0 saturated heterocycles. The van der Waals surface area contributed by atoms with Gasteiger partial charge in [0, 0.05) is 12.1 Å². The van der Waals surface area contributed by atoms with Gasteiger partial charge in [-0.05, 0) is 30.7 Å². The van der Waals surface area contributed by atoms with Crippen LogP contribution >= 0.6 is 0 Å². The zero-order valence-corrected chi connectivity index (χ0v) is 11.3. The summed E-state index contributed by atoms with van der Waals surface area (Å²) in [5.74, 6) is -2.71. The second-order valence-electron chi connectivity index (χ2n) is 4.48. The molecule has 0 aliphatic carbocycles. The van der Waals surface area contributed by atoms with Gasteiger partial charge in [-0.2, -0.15) is 0 Å². The molecule has 0 unspecified atom stereocenters. The van der Waals surface area contributed by atoms with Gasteiger partial charge in [0.05, 0.1) is 6.61 Å². The number of halogens is 2. The standard InChI is InChI=1S/C15H13F2NO3/c1-9-5-6-11(14(19)18-9)15(20)21-8-7-10-3-2-4-12(16)13(10)17/h2-6H,7-8H2,1H3,(H,18,19). The third-order valence-corrected chi connectivity index (χ3v) is 2.91. The van der Waals surface area contributed by atoms with Crippen molar-refractivity contribution in [3.8, 4) is 0 Å². The van der Waals surface area contributed by atoms with Crippen molar-refractivity contribution in [1.82, 2.24) is 4.98 Å². The first-order valence-electron chi connectivity index (χ1n) is 6.29. The van der Waals surface area contributed by atoms with Crippen LogP contribution in [0.3, 0.4) is 0 Å². The predicted molar refractivity (Wildman–Crippen MR) is 72.1 cm³/mol. The number of nitrogens with one attached hydrogen (secondary N) is 1. The highest BCUT2D eigenvalue weighted by atomic mass is 19.2. The molecule has 0 fully saturated rings. The van der Waals surface area contributed by atoms with Gasteiger partial charge >= 0.3 is 5.97 Å². The molecule has 1 heterocycles. The van der Waals surface area contributed by atoms with Crippen molar-refractivity contribution < 1.29 is 18.3 Å². The summed E-state index contributed by atoms with van der Waals surface area (Å²) in [6.07, 6.45) is 0.0269. The van der Waals surface area contributed by atoms with E-state index in [1.807, 2.05) is 0 Å². The summed E-state index contributed by atoms with van der Waals surface area (Å²) in [7, 11) is 0. The lowest BCUT2D eigenvalue weighted by molar-refractivity contribution is 0.0506. The number of esters is 1. The van der Waals surface area contributed by atoms with Crippen LogP contribution in [-0.4, -0.2) is 17.6 Å². The minimum Gasteiger partial charge on any atom is -0.462 e. The highest BCUT2D eigenvalue weighted by molar-refractivity contribution is 5.88. The number of rotatable bonds is 4.